The number of nitrogens with one attached hydrogen (secondary N) is 1. The Bertz CT molecular complexity index is 1250. The molecule has 0 saturated heterocycles. The van der Waals surface area contributed by atoms with Crippen molar-refractivity contribution in [2.24, 2.45) is 0 Å². The van der Waals surface area contributed by atoms with Crippen LogP contribution >= 0.6 is 0 Å². The summed E-state index contributed by atoms with van der Waals surface area (Å²) in [6, 6.07) is 19.9. The number of ether oxygens (including phenoxy) is 1. The van der Waals surface area contributed by atoms with Crippen LogP contribution in [0, 0.1) is 0 Å². The highest BCUT2D eigenvalue weighted by Crippen LogP contribution is 2.44. The van der Waals surface area contributed by atoms with Crippen molar-refractivity contribution in [1.82, 2.24) is 15.1 Å². The standard InChI is InChI=1S/C28H29N3O4/c1-28(2)25-23(27(33)31(28)18-19-8-5-4-6-9-19)24(22-10-7-17-35-22)30(16-15-29-25)26(32)20-11-13-21(34-3)14-12-20/h4-14,17,24,29H,15-16,18H2,1-3H3. The van der Waals surface area contributed by atoms with Crippen LogP contribution in [0.5, 0.6) is 5.75 Å². The number of amides is 2. The van der Waals surface area contributed by atoms with E-state index in [1.54, 1.807) is 48.6 Å². The van der Waals surface area contributed by atoms with Gasteiger partial charge in [0.2, 0.25) is 0 Å². The van der Waals surface area contributed by atoms with Crippen LogP contribution in [-0.2, 0) is 11.3 Å². The number of hydrogen-bond donors (Lipinski definition) is 1. The second-order valence-electron chi connectivity index (χ2n) is 9.30. The number of methoxy groups -OCH3 is 1. The Balaban J connectivity index is 1.56. The van der Waals surface area contributed by atoms with Gasteiger partial charge in [-0.2, -0.15) is 0 Å². The molecule has 3 heterocycles. The average Bonchev–Trinajstić information content (AvgIpc) is 3.39. The normalized spacial score (nSPS) is 19.3. The van der Waals surface area contributed by atoms with Crippen LogP contribution in [0.3, 0.4) is 0 Å². The van der Waals surface area contributed by atoms with Crippen molar-refractivity contribution in [2.75, 3.05) is 20.2 Å². The summed E-state index contributed by atoms with van der Waals surface area (Å²) in [5, 5.41) is 3.49. The van der Waals surface area contributed by atoms with Crippen molar-refractivity contribution in [3.8, 4) is 5.75 Å². The van der Waals surface area contributed by atoms with E-state index in [0.29, 0.717) is 42.3 Å². The molecule has 0 fully saturated rings. The molecule has 3 aromatic rings. The molecule has 0 radical (unpaired) electrons. The molecule has 2 aliphatic heterocycles. The molecule has 0 aliphatic carbocycles. The number of furan rings is 1. The van der Waals surface area contributed by atoms with E-state index in [2.05, 4.69) is 5.32 Å². The van der Waals surface area contributed by atoms with Gasteiger partial charge in [0.15, 0.2) is 0 Å². The van der Waals surface area contributed by atoms with Crippen LogP contribution in [0.1, 0.15) is 41.6 Å². The van der Waals surface area contributed by atoms with Gasteiger partial charge in [0.25, 0.3) is 11.8 Å². The minimum absolute atomic E-state index is 0.0998. The molecule has 35 heavy (non-hydrogen) atoms. The Kier molecular flexibility index (Phi) is 5.84. The molecule has 0 bridgehead atoms. The van der Waals surface area contributed by atoms with E-state index >= 15 is 0 Å². The molecule has 7 nitrogen and oxygen atoms in total. The molecule has 5 rings (SSSR count). The third-order valence-electron chi connectivity index (χ3n) is 6.87. The van der Waals surface area contributed by atoms with Crippen molar-refractivity contribution in [3.05, 3.63) is 101 Å². The van der Waals surface area contributed by atoms with E-state index in [9.17, 15) is 9.59 Å². The maximum atomic E-state index is 14.0. The van der Waals surface area contributed by atoms with Crippen molar-refractivity contribution in [2.45, 2.75) is 32.0 Å². The Morgan fingerprint density at radius 3 is 2.49 bits per heavy atom. The summed E-state index contributed by atoms with van der Waals surface area (Å²) in [5.74, 6) is 0.971. The molecule has 2 aliphatic rings. The fourth-order valence-corrected chi connectivity index (χ4v) is 5.02. The van der Waals surface area contributed by atoms with Crippen molar-refractivity contribution >= 4 is 11.8 Å². The van der Waals surface area contributed by atoms with E-state index in [-0.39, 0.29) is 11.8 Å². The van der Waals surface area contributed by atoms with Crippen LogP contribution < -0.4 is 10.1 Å². The van der Waals surface area contributed by atoms with E-state index in [1.165, 1.54) is 0 Å². The Morgan fingerprint density at radius 1 is 1.09 bits per heavy atom. The highest BCUT2D eigenvalue weighted by molar-refractivity contribution is 6.02. The van der Waals surface area contributed by atoms with Crippen LogP contribution in [0.15, 0.2) is 88.7 Å². The highest BCUT2D eigenvalue weighted by atomic mass is 16.5. The number of nitrogens with zero attached hydrogens (tertiary/aromatic N) is 2. The first-order valence-electron chi connectivity index (χ1n) is 11.7. The summed E-state index contributed by atoms with van der Waals surface area (Å²) in [5.41, 5.74) is 2.39. The first kappa shape index (κ1) is 22.8. The van der Waals surface area contributed by atoms with Crippen molar-refractivity contribution < 1.29 is 18.7 Å². The van der Waals surface area contributed by atoms with Crippen LogP contribution in [0.25, 0.3) is 0 Å². The fourth-order valence-electron chi connectivity index (χ4n) is 5.02. The molecule has 0 saturated carbocycles. The predicted molar refractivity (Wildman–Crippen MR) is 132 cm³/mol. The minimum Gasteiger partial charge on any atom is -0.497 e. The van der Waals surface area contributed by atoms with Gasteiger partial charge >= 0.3 is 0 Å². The zero-order valence-corrected chi connectivity index (χ0v) is 20.2. The van der Waals surface area contributed by atoms with Crippen LogP contribution in [-0.4, -0.2) is 47.4 Å². The first-order chi connectivity index (χ1) is 16.9. The molecule has 7 heteroatoms. The second-order valence-corrected chi connectivity index (χ2v) is 9.30. The number of benzene rings is 2. The predicted octanol–water partition coefficient (Wildman–Crippen LogP) is 4.15. The van der Waals surface area contributed by atoms with Gasteiger partial charge in [-0.3, -0.25) is 9.59 Å². The van der Waals surface area contributed by atoms with Gasteiger partial charge in [-0.25, -0.2) is 0 Å². The molecular formula is C28H29N3O4. The Labute approximate surface area is 205 Å². The zero-order chi connectivity index (χ0) is 24.6. The van der Waals surface area contributed by atoms with E-state index in [4.69, 9.17) is 9.15 Å². The molecular weight excluding hydrogens is 442 g/mol. The topological polar surface area (TPSA) is 75.0 Å². The second kappa shape index (κ2) is 8.98. The third kappa shape index (κ3) is 3.97. The van der Waals surface area contributed by atoms with Crippen LogP contribution in [0.2, 0.25) is 0 Å². The van der Waals surface area contributed by atoms with E-state index < -0.39 is 11.6 Å². The Hall–Kier alpha value is -4.00. The van der Waals surface area contributed by atoms with Gasteiger partial charge in [0.05, 0.1) is 24.5 Å². The van der Waals surface area contributed by atoms with Gasteiger partial charge < -0.3 is 24.3 Å². The molecule has 180 valence electrons. The van der Waals surface area contributed by atoms with Crippen molar-refractivity contribution in [1.29, 1.82) is 0 Å². The molecule has 1 atom stereocenters. The summed E-state index contributed by atoms with van der Waals surface area (Å²) >= 11 is 0. The molecule has 1 unspecified atom stereocenters. The summed E-state index contributed by atoms with van der Waals surface area (Å²) in [7, 11) is 1.59. The van der Waals surface area contributed by atoms with Crippen molar-refractivity contribution in [3.63, 3.8) is 0 Å². The van der Waals surface area contributed by atoms with Gasteiger partial charge in [0.1, 0.15) is 17.6 Å². The van der Waals surface area contributed by atoms with Gasteiger partial charge in [-0.1, -0.05) is 30.3 Å². The summed E-state index contributed by atoms with van der Waals surface area (Å²) in [6.45, 7) is 5.50. The van der Waals surface area contributed by atoms with Crippen LogP contribution in [0.4, 0.5) is 0 Å². The lowest BCUT2D eigenvalue weighted by Crippen LogP contribution is -2.47. The van der Waals surface area contributed by atoms with E-state index in [1.807, 2.05) is 55.1 Å². The largest absolute Gasteiger partial charge is 0.497 e. The fraction of sp³-hybridized carbons (Fsp3) is 0.286. The minimum atomic E-state index is -0.642. The van der Waals surface area contributed by atoms with Gasteiger partial charge in [-0.05, 0) is 55.8 Å². The monoisotopic (exact) mass is 471 g/mol. The highest BCUT2D eigenvalue weighted by Gasteiger charge is 2.51. The van der Waals surface area contributed by atoms with Gasteiger partial charge in [-0.15, -0.1) is 0 Å². The Morgan fingerprint density at radius 2 is 1.83 bits per heavy atom. The first-order valence-corrected chi connectivity index (χ1v) is 11.7. The average molecular weight is 472 g/mol. The molecule has 1 aromatic heterocycles. The maximum Gasteiger partial charge on any atom is 0.255 e. The smallest absolute Gasteiger partial charge is 0.255 e. The summed E-state index contributed by atoms with van der Waals surface area (Å²) in [6.07, 6.45) is 1.58. The lowest BCUT2D eigenvalue weighted by atomic mass is 9.95. The number of carbonyl (C=O) groups excluding carboxylic acids is 2. The zero-order valence-electron chi connectivity index (χ0n) is 20.2. The number of rotatable bonds is 5. The SMILES string of the molecule is COc1ccc(C(=O)N2CCNC3=C(C(=O)N(Cc4ccccc4)C3(C)C)C2c2ccco2)cc1. The van der Waals surface area contributed by atoms with Gasteiger partial charge in [0, 0.05) is 30.9 Å². The third-order valence-corrected chi connectivity index (χ3v) is 6.87. The number of carbonyl (C=O) groups is 2. The molecule has 1 N–H and O–H groups in total. The number of hydrogen-bond acceptors (Lipinski definition) is 5. The molecule has 2 amide bonds. The van der Waals surface area contributed by atoms with E-state index in [0.717, 1.165) is 11.3 Å². The molecule has 0 spiro atoms. The molecule has 2 aromatic carbocycles. The quantitative estimate of drug-likeness (QED) is 0.605. The summed E-state index contributed by atoms with van der Waals surface area (Å²) < 4.78 is 11.1. The maximum absolute atomic E-state index is 14.0. The summed E-state index contributed by atoms with van der Waals surface area (Å²) in [4.78, 5) is 31.4. The lowest BCUT2D eigenvalue weighted by Gasteiger charge is -2.35. The lowest BCUT2D eigenvalue weighted by molar-refractivity contribution is -0.130.